The molecule has 0 aliphatic rings. The molecular formula is C11H13Cl2NO2. The molecule has 0 saturated heterocycles. The summed E-state index contributed by atoms with van der Waals surface area (Å²) in [5.41, 5.74) is 6.84. The fourth-order valence-corrected chi connectivity index (χ4v) is 1.62. The number of hydrogen-bond acceptors (Lipinski definition) is 3. The van der Waals surface area contributed by atoms with Gasteiger partial charge in [0, 0.05) is 0 Å². The van der Waals surface area contributed by atoms with E-state index in [2.05, 4.69) is 0 Å². The Hall–Kier alpha value is -0.930. The lowest BCUT2D eigenvalue weighted by Crippen LogP contribution is -2.10. The van der Waals surface area contributed by atoms with Crippen molar-refractivity contribution in [2.75, 3.05) is 12.3 Å². The predicted octanol–water partition coefficient (Wildman–Crippen LogP) is 3.45. The van der Waals surface area contributed by atoms with Crippen molar-refractivity contribution in [3.8, 4) is 0 Å². The number of anilines is 1. The van der Waals surface area contributed by atoms with Crippen LogP contribution in [0.2, 0.25) is 10.0 Å². The standard InChI is InChI=1S/C11H13Cl2NO2/c1-3-4-16-11(15)7-5-6(2)8(12)9(13)10(7)14/h5H,3-4,14H2,1-2H3. The molecule has 1 rings (SSSR count). The Morgan fingerprint density at radius 3 is 2.62 bits per heavy atom. The number of rotatable bonds is 3. The van der Waals surface area contributed by atoms with Crippen LogP contribution in [0.1, 0.15) is 29.3 Å². The Morgan fingerprint density at radius 1 is 1.44 bits per heavy atom. The highest BCUT2D eigenvalue weighted by Gasteiger charge is 2.17. The molecule has 0 aliphatic carbocycles. The van der Waals surface area contributed by atoms with Crippen molar-refractivity contribution < 1.29 is 9.53 Å². The first-order valence-electron chi connectivity index (χ1n) is 4.90. The summed E-state index contributed by atoms with van der Waals surface area (Å²) in [7, 11) is 0. The number of nitrogen functional groups attached to an aromatic ring is 1. The van der Waals surface area contributed by atoms with E-state index in [-0.39, 0.29) is 16.3 Å². The molecule has 0 atom stereocenters. The van der Waals surface area contributed by atoms with Gasteiger partial charge in [0.05, 0.1) is 27.9 Å². The SMILES string of the molecule is CCCOC(=O)c1cc(C)c(Cl)c(Cl)c1N. The third-order valence-corrected chi connectivity index (χ3v) is 3.06. The molecule has 3 nitrogen and oxygen atoms in total. The average molecular weight is 262 g/mol. The van der Waals surface area contributed by atoms with E-state index >= 15 is 0 Å². The lowest BCUT2D eigenvalue weighted by atomic mass is 10.1. The summed E-state index contributed by atoms with van der Waals surface area (Å²) in [6.45, 7) is 4.03. The second-order valence-electron chi connectivity index (χ2n) is 3.42. The molecule has 0 saturated carbocycles. The van der Waals surface area contributed by atoms with Crippen molar-refractivity contribution in [1.82, 2.24) is 0 Å². The van der Waals surface area contributed by atoms with Gasteiger partial charge in [0.1, 0.15) is 0 Å². The minimum atomic E-state index is -0.471. The van der Waals surface area contributed by atoms with E-state index in [1.54, 1.807) is 13.0 Å². The van der Waals surface area contributed by atoms with Crippen LogP contribution in [0.25, 0.3) is 0 Å². The zero-order valence-corrected chi connectivity index (χ0v) is 10.7. The first-order chi connectivity index (χ1) is 7.49. The monoisotopic (exact) mass is 261 g/mol. The maximum absolute atomic E-state index is 11.6. The van der Waals surface area contributed by atoms with Gasteiger partial charge in [0.25, 0.3) is 0 Å². The van der Waals surface area contributed by atoms with Gasteiger partial charge in [-0.3, -0.25) is 0 Å². The van der Waals surface area contributed by atoms with E-state index in [4.69, 9.17) is 33.7 Å². The van der Waals surface area contributed by atoms with Gasteiger partial charge >= 0.3 is 5.97 Å². The van der Waals surface area contributed by atoms with E-state index in [0.29, 0.717) is 17.2 Å². The molecule has 5 heteroatoms. The van der Waals surface area contributed by atoms with Crippen molar-refractivity contribution in [2.45, 2.75) is 20.3 Å². The molecule has 0 unspecified atom stereocenters. The van der Waals surface area contributed by atoms with Gasteiger partial charge in [-0.25, -0.2) is 4.79 Å². The highest BCUT2D eigenvalue weighted by atomic mass is 35.5. The van der Waals surface area contributed by atoms with Crippen LogP contribution < -0.4 is 5.73 Å². The Morgan fingerprint density at radius 2 is 2.06 bits per heavy atom. The van der Waals surface area contributed by atoms with Gasteiger partial charge in [-0.15, -0.1) is 0 Å². The van der Waals surface area contributed by atoms with E-state index in [1.807, 2.05) is 6.92 Å². The molecular weight excluding hydrogens is 249 g/mol. The Bertz CT molecular complexity index is 419. The summed E-state index contributed by atoms with van der Waals surface area (Å²) in [5, 5.41) is 0.566. The summed E-state index contributed by atoms with van der Waals surface area (Å²) >= 11 is 11.8. The van der Waals surface area contributed by atoms with Crippen molar-refractivity contribution in [3.05, 3.63) is 27.2 Å². The Kier molecular flexibility index (Phi) is 4.44. The molecule has 1 aromatic carbocycles. The van der Waals surface area contributed by atoms with E-state index in [0.717, 1.165) is 6.42 Å². The first kappa shape index (κ1) is 13.1. The number of benzene rings is 1. The van der Waals surface area contributed by atoms with Crippen LogP contribution in [-0.2, 0) is 4.74 Å². The normalized spacial score (nSPS) is 10.2. The largest absolute Gasteiger partial charge is 0.462 e. The average Bonchev–Trinajstić information content (AvgIpc) is 2.28. The summed E-state index contributed by atoms with van der Waals surface area (Å²) in [6.07, 6.45) is 0.756. The molecule has 0 aliphatic heterocycles. The van der Waals surface area contributed by atoms with Crippen LogP contribution in [0.5, 0.6) is 0 Å². The van der Waals surface area contributed by atoms with E-state index < -0.39 is 5.97 Å². The van der Waals surface area contributed by atoms with Gasteiger partial charge in [0.15, 0.2) is 0 Å². The number of aryl methyl sites for hydroxylation is 1. The third-order valence-electron chi connectivity index (χ3n) is 2.08. The number of ether oxygens (including phenoxy) is 1. The Balaban J connectivity index is 3.10. The number of esters is 1. The highest BCUT2D eigenvalue weighted by Crippen LogP contribution is 2.34. The lowest BCUT2D eigenvalue weighted by molar-refractivity contribution is 0.0506. The summed E-state index contributed by atoms with van der Waals surface area (Å²) in [6, 6.07) is 1.58. The molecule has 0 amide bonds. The van der Waals surface area contributed by atoms with Crippen molar-refractivity contribution in [2.24, 2.45) is 0 Å². The molecule has 0 bridgehead atoms. The predicted molar refractivity (Wildman–Crippen MR) is 66.2 cm³/mol. The number of carbonyl (C=O) groups excluding carboxylic acids is 1. The van der Waals surface area contributed by atoms with Gasteiger partial charge in [-0.05, 0) is 25.0 Å². The zero-order valence-electron chi connectivity index (χ0n) is 9.14. The number of carbonyl (C=O) groups is 1. The van der Waals surface area contributed by atoms with Crippen molar-refractivity contribution in [3.63, 3.8) is 0 Å². The fourth-order valence-electron chi connectivity index (χ4n) is 1.21. The minimum absolute atomic E-state index is 0.165. The topological polar surface area (TPSA) is 52.3 Å². The summed E-state index contributed by atoms with van der Waals surface area (Å²) in [4.78, 5) is 11.6. The molecule has 1 aromatic rings. The second kappa shape index (κ2) is 5.41. The van der Waals surface area contributed by atoms with Crippen molar-refractivity contribution >= 4 is 34.9 Å². The van der Waals surface area contributed by atoms with Crippen LogP contribution in [0, 0.1) is 6.92 Å². The summed E-state index contributed by atoms with van der Waals surface area (Å²) < 4.78 is 4.99. The summed E-state index contributed by atoms with van der Waals surface area (Å²) in [5.74, 6) is -0.471. The van der Waals surface area contributed by atoms with Crippen LogP contribution in [-0.4, -0.2) is 12.6 Å². The Labute approximate surface area is 104 Å². The smallest absolute Gasteiger partial charge is 0.340 e. The third kappa shape index (κ3) is 2.60. The molecule has 2 N–H and O–H groups in total. The van der Waals surface area contributed by atoms with Gasteiger partial charge in [-0.1, -0.05) is 30.1 Å². The highest BCUT2D eigenvalue weighted by molar-refractivity contribution is 6.44. The zero-order chi connectivity index (χ0) is 12.3. The molecule has 16 heavy (non-hydrogen) atoms. The molecule has 0 fully saturated rings. The molecule has 88 valence electrons. The van der Waals surface area contributed by atoms with E-state index in [9.17, 15) is 4.79 Å². The minimum Gasteiger partial charge on any atom is -0.462 e. The molecule has 0 heterocycles. The van der Waals surface area contributed by atoms with Crippen LogP contribution in [0.3, 0.4) is 0 Å². The lowest BCUT2D eigenvalue weighted by Gasteiger charge is -2.10. The van der Waals surface area contributed by atoms with Crippen LogP contribution in [0.4, 0.5) is 5.69 Å². The maximum atomic E-state index is 11.6. The maximum Gasteiger partial charge on any atom is 0.340 e. The molecule has 0 aromatic heterocycles. The number of halogens is 2. The van der Waals surface area contributed by atoms with Crippen LogP contribution >= 0.6 is 23.2 Å². The number of nitrogens with two attached hydrogens (primary N) is 1. The van der Waals surface area contributed by atoms with Gasteiger partial charge in [-0.2, -0.15) is 0 Å². The molecule has 0 spiro atoms. The number of hydrogen-bond donors (Lipinski definition) is 1. The first-order valence-corrected chi connectivity index (χ1v) is 5.65. The van der Waals surface area contributed by atoms with Gasteiger partial charge in [0.2, 0.25) is 0 Å². The molecule has 0 radical (unpaired) electrons. The fraction of sp³-hybridized carbons (Fsp3) is 0.364. The van der Waals surface area contributed by atoms with Crippen LogP contribution in [0.15, 0.2) is 6.07 Å². The quantitative estimate of drug-likeness (QED) is 0.670. The van der Waals surface area contributed by atoms with Crippen molar-refractivity contribution in [1.29, 1.82) is 0 Å². The van der Waals surface area contributed by atoms with E-state index in [1.165, 1.54) is 0 Å². The van der Waals surface area contributed by atoms with Gasteiger partial charge < -0.3 is 10.5 Å². The second-order valence-corrected chi connectivity index (χ2v) is 4.17.